The van der Waals surface area contributed by atoms with Crippen LogP contribution >= 0.6 is 0 Å². The summed E-state index contributed by atoms with van der Waals surface area (Å²) in [5, 5.41) is 0. The van der Waals surface area contributed by atoms with Gasteiger partial charge >= 0.3 is 0 Å². The van der Waals surface area contributed by atoms with Crippen molar-refractivity contribution in [2.75, 3.05) is 0 Å². The molecule has 3 saturated carbocycles. The van der Waals surface area contributed by atoms with Gasteiger partial charge in [-0.15, -0.1) is 0 Å². The molecular weight excluding hydrogens is 148 g/mol. The molecule has 3 aliphatic rings. The smallest absolute Gasteiger partial charge is 0.159 e. The molecule has 0 saturated heterocycles. The summed E-state index contributed by atoms with van der Waals surface area (Å²) in [6.07, 6.45) is 4.06. The minimum absolute atomic E-state index is 0.399. The van der Waals surface area contributed by atoms with E-state index in [1.54, 1.807) is 0 Å². The summed E-state index contributed by atoms with van der Waals surface area (Å²) >= 11 is 0. The number of ketones is 1. The van der Waals surface area contributed by atoms with Crippen molar-refractivity contribution in [2.45, 2.75) is 33.6 Å². The molecule has 0 spiro atoms. The summed E-state index contributed by atoms with van der Waals surface area (Å²) < 4.78 is 0. The predicted molar refractivity (Wildman–Crippen MR) is 48.8 cm³/mol. The highest BCUT2D eigenvalue weighted by Crippen LogP contribution is 2.59. The van der Waals surface area contributed by atoms with Gasteiger partial charge in [0.05, 0.1) is 0 Å². The lowest BCUT2D eigenvalue weighted by Crippen LogP contribution is -2.52. The van der Waals surface area contributed by atoms with E-state index >= 15 is 0 Å². The molecule has 1 heteroatoms. The standard InChI is InChI=1S/C11H16O/c1-4-8-9-5-7(6-10(8)12)11(9,2)3/h4,7,9H,5-6H2,1-3H3/b8-4-. The van der Waals surface area contributed by atoms with Crippen molar-refractivity contribution < 1.29 is 4.79 Å². The number of carbonyl (C=O) groups is 1. The molecule has 3 rings (SSSR count). The molecule has 3 fully saturated rings. The first kappa shape index (κ1) is 8.03. The first-order chi connectivity index (χ1) is 5.57. The molecule has 2 atom stereocenters. The van der Waals surface area contributed by atoms with Crippen LogP contribution in [0.2, 0.25) is 0 Å². The second-order valence-electron chi connectivity index (χ2n) is 4.68. The Kier molecular flexibility index (Phi) is 1.48. The average molecular weight is 164 g/mol. The molecule has 0 aromatic heterocycles. The quantitative estimate of drug-likeness (QED) is 0.503. The van der Waals surface area contributed by atoms with Crippen LogP contribution in [0.5, 0.6) is 0 Å². The summed E-state index contributed by atoms with van der Waals surface area (Å²) in [5.41, 5.74) is 1.50. The monoisotopic (exact) mass is 164 g/mol. The highest BCUT2D eigenvalue weighted by Gasteiger charge is 2.54. The van der Waals surface area contributed by atoms with E-state index in [1.165, 1.54) is 6.42 Å². The highest BCUT2D eigenvalue weighted by atomic mass is 16.1. The number of carbonyl (C=O) groups excluding carboxylic acids is 1. The van der Waals surface area contributed by atoms with Crippen LogP contribution in [0.1, 0.15) is 33.6 Å². The van der Waals surface area contributed by atoms with E-state index in [-0.39, 0.29) is 0 Å². The van der Waals surface area contributed by atoms with E-state index in [2.05, 4.69) is 13.8 Å². The van der Waals surface area contributed by atoms with Gasteiger partial charge in [-0.05, 0) is 36.2 Å². The van der Waals surface area contributed by atoms with E-state index in [9.17, 15) is 4.79 Å². The van der Waals surface area contributed by atoms with Crippen molar-refractivity contribution in [1.82, 2.24) is 0 Å². The minimum Gasteiger partial charge on any atom is -0.295 e. The van der Waals surface area contributed by atoms with Crippen LogP contribution in [0.4, 0.5) is 0 Å². The molecule has 2 unspecified atom stereocenters. The van der Waals surface area contributed by atoms with E-state index in [1.807, 2.05) is 13.0 Å². The molecule has 12 heavy (non-hydrogen) atoms. The molecule has 1 nitrogen and oxygen atoms in total. The number of allylic oxidation sites excluding steroid dienone is 2. The Bertz CT molecular complexity index is 260. The zero-order valence-electron chi connectivity index (χ0n) is 8.05. The van der Waals surface area contributed by atoms with Gasteiger partial charge in [-0.25, -0.2) is 0 Å². The first-order valence-electron chi connectivity index (χ1n) is 4.76. The second-order valence-corrected chi connectivity index (χ2v) is 4.68. The fraction of sp³-hybridized carbons (Fsp3) is 0.727. The Labute approximate surface area is 73.8 Å². The van der Waals surface area contributed by atoms with Crippen LogP contribution in [0.25, 0.3) is 0 Å². The van der Waals surface area contributed by atoms with Gasteiger partial charge in [0.15, 0.2) is 5.78 Å². The van der Waals surface area contributed by atoms with Gasteiger partial charge in [0.1, 0.15) is 0 Å². The molecule has 0 N–H and O–H groups in total. The average Bonchev–Trinajstić information content (AvgIpc) is 2.03. The number of hydrogen-bond acceptors (Lipinski definition) is 1. The molecule has 3 aliphatic carbocycles. The Morgan fingerprint density at radius 2 is 2.17 bits per heavy atom. The Hall–Kier alpha value is -0.590. The SMILES string of the molecule is C/C=C1\C(=O)CC2CC1C2(C)C. The number of hydrogen-bond donors (Lipinski definition) is 0. The van der Waals surface area contributed by atoms with Gasteiger partial charge in [-0.3, -0.25) is 4.79 Å². The molecule has 0 heterocycles. The second kappa shape index (κ2) is 2.21. The number of fused-ring (bicyclic) bond motifs is 2. The van der Waals surface area contributed by atoms with Gasteiger partial charge in [-0.2, -0.15) is 0 Å². The van der Waals surface area contributed by atoms with Crippen molar-refractivity contribution in [3.05, 3.63) is 11.6 Å². The highest BCUT2D eigenvalue weighted by molar-refractivity contribution is 5.98. The van der Waals surface area contributed by atoms with Gasteiger partial charge in [0.2, 0.25) is 0 Å². The molecule has 0 aliphatic heterocycles. The van der Waals surface area contributed by atoms with Crippen LogP contribution in [0.3, 0.4) is 0 Å². The van der Waals surface area contributed by atoms with Crippen molar-refractivity contribution in [2.24, 2.45) is 17.3 Å². The predicted octanol–water partition coefficient (Wildman–Crippen LogP) is 2.57. The molecule has 0 aromatic rings. The van der Waals surface area contributed by atoms with Gasteiger partial charge < -0.3 is 0 Å². The molecule has 2 bridgehead atoms. The zero-order chi connectivity index (χ0) is 8.93. The zero-order valence-corrected chi connectivity index (χ0v) is 8.05. The van der Waals surface area contributed by atoms with E-state index in [4.69, 9.17) is 0 Å². The normalized spacial score (nSPS) is 41.2. The molecule has 66 valence electrons. The summed E-state index contributed by atoms with van der Waals surface area (Å²) in [5.74, 6) is 1.63. The third kappa shape index (κ3) is 0.769. The van der Waals surface area contributed by atoms with Gasteiger partial charge in [0.25, 0.3) is 0 Å². The lowest BCUT2D eigenvalue weighted by atomic mass is 9.47. The molecular formula is C11H16O. The third-order valence-electron chi connectivity index (χ3n) is 3.91. The largest absolute Gasteiger partial charge is 0.295 e. The van der Waals surface area contributed by atoms with Crippen molar-refractivity contribution in [3.8, 4) is 0 Å². The fourth-order valence-electron chi connectivity index (χ4n) is 2.79. The lowest BCUT2D eigenvalue weighted by molar-refractivity contribution is -0.130. The minimum atomic E-state index is 0.399. The van der Waals surface area contributed by atoms with Gasteiger partial charge in [-0.1, -0.05) is 19.9 Å². The Morgan fingerprint density at radius 1 is 1.50 bits per heavy atom. The first-order valence-corrected chi connectivity index (χ1v) is 4.76. The van der Waals surface area contributed by atoms with Crippen LogP contribution < -0.4 is 0 Å². The maximum absolute atomic E-state index is 11.5. The third-order valence-corrected chi connectivity index (χ3v) is 3.91. The van der Waals surface area contributed by atoms with Crippen LogP contribution in [-0.2, 0) is 4.79 Å². The van der Waals surface area contributed by atoms with Gasteiger partial charge in [0, 0.05) is 6.42 Å². The summed E-state index contributed by atoms with van der Waals surface area (Å²) in [7, 11) is 0. The van der Waals surface area contributed by atoms with Crippen molar-refractivity contribution >= 4 is 5.78 Å². The Morgan fingerprint density at radius 3 is 2.58 bits per heavy atom. The molecule has 0 aromatic carbocycles. The Balaban J connectivity index is 2.32. The molecule has 0 amide bonds. The van der Waals surface area contributed by atoms with E-state index < -0.39 is 0 Å². The lowest BCUT2D eigenvalue weighted by Gasteiger charge is -2.56. The van der Waals surface area contributed by atoms with Crippen molar-refractivity contribution in [1.29, 1.82) is 0 Å². The maximum atomic E-state index is 11.5. The summed E-state index contributed by atoms with van der Waals surface area (Å²) in [6, 6.07) is 0. The summed E-state index contributed by atoms with van der Waals surface area (Å²) in [6.45, 7) is 6.57. The number of Topliss-reactive ketones (excluding diaryl/α,β-unsaturated/α-hetero) is 1. The van der Waals surface area contributed by atoms with Crippen LogP contribution in [-0.4, -0.2) is 5.78 Å². The number of rotatable bonds is 0. The molecule has 0 radical (unpaired) electrons. The van der Waals surface area contributed by atoms with E-state index in [0.29, 0.717) is 23.0 Å². The van der Waals surface area contributed by atoms with E-state index in [0.717, 1.165) is 12.0 Å². The van der Waals surface area contributed by atoms with Crippen molar-refractivity contribution in [3.63, 3.8) is 0 Å². The topological polar surface area (TPSA) is 17.1 Å². The fourth-order valence-corrected chi connectivity index (χ4v) is 2.79. The van der Waals surface area contributed by atoms with Crippen LogP contribution in [0.15, 0.2) is 11.6 Å². The van der Waals surface area contributed by atoms with Crippen LogP contribution in [0, 0.1) is 17.3 Å². The summed E-state index contributed by atoms with van der Waals surface area (Å²) in [4.78, 5) is 11.5. The maximum Gasteiger partial charge on any atom is 0.159 e.